The van der Waals surface area contributed by atoms with E-state index in [-0.39, 0.29) is 5.75 Å². The van der Waals surface area contributed by atoms with E-state index in [2.05, 4.69) is 10.3 Å². The predicted molar refractivity (Wildman–Crippen MR) is 89.7 cm³/mol. The number of piperidine rings is 1. The number of amides is 1. The minimum Gasteiger partial charge on any atom is -0.508 e. The van der Waals surface area contributed by atoms with Gasteiger partial charge in [0, 0.05) is 24.7 Å². The highest BCUT2D eigenvalue weighted by molar-refractivity contribution is 5.85. The zero-order valence-corrected chi connectivity index (χ0v) is 14.3. The number of hydrogen-bond donors (Lipinski definition) is 3. The molecule has 1 aliphatic heterocycles. The van der Waals surface area contributed by atoms with Gasteiger partial charge in [-0.3, -0.25) is 9.79 Å². The summed E-state index contributed by atoms with van der Waals surface area (Å²) >= 11 is 0. The number of benzene rings is 1. The summed E-state index contributed by atoms with van der Waals surface area (Å²) in [6.45, 7) is 1.80. The van der Waals surface area contributed by atoms with Crippen LogP contribution in [0.1, 0.15) is 25.3 Å². The molecule has 1 saturated heterocycles. The summed E-state index contributed by atoms with van der Waals surface area (Å²) in [6, 6.07) is 6.43. The van der Waals surface area contributed by atoms with E-state index in [1.54, 1.807) is 30.6 Å². The number of para-hydroxylation sites is 1. The zero-order valence-electron chi connectivity index (χ0n) is 14.3. The largest absolute Gasteiger partial charge is 0.508 e. The van der Waals surface area contributed by atoms with Crippen LogP contribution in [-0.2, 0) is 11.3 Å². The van der Waals surface area contributed by atoms with E-state index in [1.165, 1.54) is 0 Å². The quantitative estimate of drug-likeness (QED) is 0.543. The van der Waals surface area contributed by atoms with Crippen LogP contribution in [0.15, 0.2) is 29.3 Å². The molecule has 1 amide bonds. The van der Waals surface area contributed by atoms with Crippen molar-refractivity contribution in [1.82, 2.24) is 10.2 Å². The SMILES string of the molecule is CC(O)(C(=O)NC1CCN(C=NCc2ccccc2O)CC1)C(F)(F)F. The Morgan fingerprint density at radius 1 is 1.35 bits per heavy atom. The molecule has 6 nitrogen and oxygen atoms in total. The number of phenols is 1. The Bertz CT molecular complexity index is 654. The van der Waals surface area contributed by atoms with Crippen molar-refractivity contribution in [1.29, 1.82) is 0 Å². The first kappa shape index (κ1) is 20.0. The van der Waals surface area contributed by atoms with Gasteiger partial charge in [-0.25, -0.2) is 0 Å². The first-order valence-electron chi connectivity index (χ1n) is 8.22. The maximum Gasteiger partial charge on any atom is 0.426 e. The number of nitrogens with zero attached hydrogens (tertiary/aromatic N) is 2. The van der Waals surface area contributed by atoms with Crippen molar-refractivity contribution in [2.75, 3.05) is 13.1 Å². The Hall–Kier alpha value is -2.29. The summed E-state index contributed by atoms with van der Waals surface area (Å²) in [4.78, 5) is 17.8. The van der Waals surface area contributed by atoms with Gasteiger partial charge in [-0.2, -0.15) is 13.2 Å². The Morgan fingerprint density at radius 3 is 2.54 bits per heavy atom. The van der Waals surface area contributed by atoms with Gasteiger partial charge in [0.1, 0.15) is 5.75 Å². The van der Waals surface area contributed by atoms with Crippen LogP contribution in [-0.4, -0.2) is 58.3 Å². The van der Waals surface area contributed by atoms with Crippen LogP contribution < -0.4 is 5.32 Å². The lowest BCUT2D eigenvalue weighted by atomic mass is 10.0. The van der Waals surface area contributed by atoms with Gasteiger partial charge in [0.15, 0.2) is 0 Å². The van der Waals surface area contributed by atoms with E-state index in [0.29, 0.717) is 45.0 Å². The molecule has 0 bridgehead atoms. The van der Waals surface area contributed by atoms with Crippen LogP contribution in [0.3, 0.4) is 0 Å². The molecular weight excluding hydrogens is 351 g/mol. The Balaban J connectivity index is 1.79. The van der Waals surface area contributed by atoms with Gasteiger partial charge < -0.3 is 20.4 Å². The maximum absolute atomic E-state index is 12.7. The topological polar surface area (TPSA) is 85.2 Å². The summed E-state index contributed by atoms with van der Waals surface area (Å²) in [6.07, 6.45) is -2.49. The van der Waals surface area contributed by atoms with E-state index in [9.17, 15) is 28.2 Å². The third kappa shape index (κ3) is 4.87. The van der Waals surface area contributed by atoms with Gasteiger partial charge in [0.2, 0.25) is 5.60 Å². The summed E-state index contributed by atoms with van der Waals surface area (Å²) in [5.74, 6) is -1.26. The number of aromatic hydroxyl groups is 1. The second-order valence-corrected chi connectivity index (χ2v) is 6.44. The van der Waals surface area contributed by atoms with Crippen molar-refractivity contribution in [3.05, 3.63) is 29.8 Å². The molecule has 0 saturated carbocycles. The van der Waals surface area contributed by atoms with Gasteiger partial charge in [-0.05, 0) is 25.8 Å². The third-order valence-electron chi connectivity index (χ3n) is 4.36. The smallest absolute Gasteiger partial charge is 0.426 e. The van der Waals surface area contributed by atoms with E-state index in [0.717, 1.165) is 0 Å². The summed E-state index contributed by atoms with van der Waals surface area (Å²) in [5.41, 5.74) is -2.70. The van der Waals surface area contributed by atoms with E-state index in [4.69, 9.17) is 0 Å². The molecule has 1 fully saturated rings. The Labute approximate surface area is 149 Å². The summed E-state index contributed by atoms with van der Waals surface area (Å²) < 4.78 is 38.0. The van der Waals surface area contributed by atoms with Crippen LogP contribution in [0.5, 0.6) is 5.75 Å². The molecule has 1 aromatic carbocycles. The van der Waals surface area contributed by atoms with Crippen LogP contribution in [0.4, 0.5) is 13.2 Å². The standard InChI is InChI=1S/C17H22F3N3O3/c1-16(26,17(18,19)20)15(25)22-13-6-8-23(9-7-13)11-21-10-12-4-2-3-5-14(12)24/h2-5,11,13,24,26H,6-10H2,1H3,(H,22,25). The number of aliphatic hydroxyl groups is 1. The van der Waals surface area contributed by atoms with Gasteiger partial charge in [-0.1, -0.05) is 18.2 Å². The minimum atomic E-state index is -5.02. The molecule has 0 aromatic heterocycles. The van der Waals surface area contributed by atoms with Crippen molar-refractivity contribution < 1.29 is 28.2 Å². The number of phenolic OH excluding ortho intramolecular Hbond substituents is 1. The molecule has 1 aliphatic rings. The number of nitrogens with one attached hydrogen (secondary N) is 1. The molecule has 1 aromatic rings. The Morgan fingerprint density at radius 2 is 1.96 bits per heavy atom. The molecule has 0 aliphatic carbocycles. The maximum atomic E-state index is 12.7. The highest BCUT2D eigenvalue weighted by Crippen LogP contribution is 2.30. The summed E-state index contributed by atoms with van der Waals surface area (Å²) in [5, 5.41) is 21.3. The molecule has 0 spiro atoms. The lowest BCUT2D eigenvalue weighted by Gasteiger charge is -2.33. The number of aliphatic imine (C=N–C) groups is 1. The number of carbonyl (C=O) groups excluding carboxylic acids is 1. The zero-order chi connectivity index (χ0) is 19.4. The van der Waals surface area contributed by atoms with E-state index in [1.807, 2.05) is 4.90 Å². The molecule has 1 heterocycles. The van der Waals surface area contributed by atoms with E-state index >= 15 is 0 Å². The van der Waals surface area contributed by atoms with Gasteiger partial charge >= 0.3 is 6.18 Å². The average molecular weight is 373 g/mol. The second-order valence-electron chi connectivity index (χ2n) is 6.44. The normalized spacial score (nSPS) is 18.7. The van der Waals surface area contributed by atoms with Gasteiger partial charge in [0.05, 0.1) is 12.9 Å². The predicted octanol–water partition coefficient (Wildman–Crippen LogP) is 1.81. The van der Waals surface area contributed by atoms with Crippen molar-refractivity contribution in [3.63, 3.8) is 0 Å². The Kier molecular flexibility index (Phi) is 6.12. The number of carbonyl (C=O) groups is 1. The highest BCUT2D eigenvalue weighted by Gasteiger charge is 2.56. The fraction of sp³-hybridized carbons (Fsp3) is 0.529. The molecule has 144 valence electrons. The first-order valence-corrected chi connectivity index (χ1v) is 8.22. The lowest BCUT2D eigenvalue weighted by Crippen LogP contribution is -2.58. The number of halogens is 3. The van der Waals surface area contributed by atoms with Crippen molar-refractivity contribution in [3.8, 4) is 5.75 Å². The highest BCUT2D eigenvalue weighted by atomic mass is 19.4. The number of likely N-dealkylation sites (tertiary alicyclic amines) is 1. The van der Waals surface area contributed by atoms with Crippen LogP contribution in [0.25, 0.3) is 0 Å². The molecule has 3 N–H and O–H groups in total. The third-order valence-corrected chi connectivity index (χ3v) is 4.36. The van der Waals surface area contributed by atoms with Crippen LogP contribution in [0.2, 0.25) is 0 Å². The average Bonchev–Trinajstić information content (AvgIpc) is 2.57. The summed E-state index contributed by atoms with van der Waals surface area (Å²) in [7, 11) is 0. The molecule has 26 heavy (non-hydrogen) atoms. The molecule has 9 heteroatoms. The second kappa shape index (κ2) is 7.94. The molecule has 1 atom stereocenters. The van der Waals surface area contributed by atoms with Crippen LogP contribution in [0, 0.1) is 0 Å². The monoisotopic (exact) mass is 373 g/mol. The van der Waals surface area contributed by atoms with E-state index < -0.39 is 23.7 Å². The number of alkyl halides is 3. The van der Waals surface area contributed by atoms with Crippen molar-refractivity contribution >= 4 is 12.2 Å². The van der Waals surface area contributed by atoms with Gasteiger partial charge in [0.25, 0.3) is 5.91 Å². The minimum absolute atomic E-state index is 0.169. The van der Waals surface area contributed by atoms with Crippen LogP contribution >= 0.6 is 0 Å². The van der Waals surface area contributed by atoms with Crippen molar-refractivity contribution in [2.24, 2.45) is 4.99 Å². The first-order chi connectivity index (χ1) is 12.1. The molecule has 2 rings (SSSR count). The molecule has 1 unspecified atom stereocenters. The number of rotatable bonds is 5. The van der Waals surface area contributed by atoms with Crippen molar-refractivity contribution in [2.45, 2.75) is 44.1 Å². The fourth-order valence-electron chi connectivity index (χ4n) is 2.51. The fourth-order valence-corrected chi connectivity index (χ4v) is 2.51. The van der Waals surface area contributed by atoms with Gasteiger partial charge in [-0.15, -0.1) is 0 Å². The lowest BCUT2D eigenvalue weighted by molar-refractivity contribution is -0.245. The molecule has 0 radical (unpaired) electrons. The number of hydrogen-bond acceptors (Lipinski definition) is 4. The molecular formula is C17H22F3N3O3.